The highest BCUT2D eigenvalue weighted by Crippen LogP contribution is 2.32. The Kier molecular flexibility index (Phi) is 3.68. The lowest BCUT2D eigenvalue weighted by Crippen LogP contribution is -2.41. The Bertz CT molecular complexity index is 1140. The topological polar surface area (TPSA) is 68.6 Å². The van der Waals surface area contributed by atoms with Gasteiger partial charge in [0.1, 0.15) is 0 Å². The summed E-state index contributed by atoms with van der Waals surface area (Å²) >= 11 is 3.37. The number of amides is 1. The summed E-state index contributed by atoms with van der Waals surface area (Å²) in [4.78, 5) is 19.2. The minimum Gasteiger partial charge on any atom is -0.472 e. The molecule has 5 heterocycles. The second kappa shape index (κ2) is 6.09. The summed E-state index contributed by atoms with van der Waals surface area (Å²) in [6.45, 7) is 3.40. The predicted octanol–water partition coefficient (Wildman–Crippen LogP) is 3.77. The van der Waals surface area contributed by atoms with Crippen molar-refractivity contribution in [1.29, 1.82) is 0 Å². The first kappa shape index (κ1) is 16.3. The fourth-order valence-electron chi connectivity index (χ4n) is 3.70. The molecule has 0 aliphatic carbocycles. The van der Waals surface area contributed by atoms with Crippen molar-refractivity contribution in [1.82, 2.24) is 24.1 Å². The molecule has 0 radical (unpaired) electrons. The van der Waals surface area contributed by atoms with Crippen molar-refractivity contribution in [3.05, 3.63) is 65.0 Å². The van der Waals surface area contributed by atoms with Gasteiger partial charge >= 0.3 is 0 Å². The molecule has 1 amide bonds. The van der Waals surface area contributed by atoms with Gasteiger partial charge in [-0.05, 0) is 41.1 Å². The molecule has 7 nitrogen and oxygen atoms in total. The smallest absolute Gasteiger partial charge is 0.275 e. The normalized spacial score (nSPS) is 16.7. The number of rotatable bonds is 2. The maximum atomic E-state index is 13.1. The third kappa shape index (κ3) is 2.59. The fraction of sp³-hybridized carbons (Fsp3) is 0.211. The van der Waals surface area contributed by atoms with Crippen molar-refractivity contribution in [2.75, 3.05) is 6.54 Å². The van der Waals surface area contributed by atoms with Crippen LogP contribution in [0.5, 0.6) is 0 Å². The molecule has 0 aromatic carbocycles. The van der Waals surface area contributed by atoms with E-state index in [-0.39, 0.29) is 11.9 Å². The summed E-state index contributed by atoms with van der Waals surface area (Å²) in [6, 6.07) is 7.79. The summed E-state index contributed by atoms with van der Waals surface area (Å²) in [5.41, 5.74) is 4.32. The van der Waals surface area contributed by atoms with Gasteiger partial charge < -0.3 is 13.9 Å². The van der Waals surface area contributed by atoms with Crippen LogP contribution in [-0.2, 0) is 6.54 Å². The molecular formula is C19H16BrN5O2. The largest absolute Gasteiger partial charge is 0.472 e. The Morgan fingerprint density at radius 1 is 1.30 bits per heavy atom. The number of nitrogens with zero attached hydrogens (tertiary/aromatic N) is 5. The van der Waals surface area contributed by atoms with E-state index in [1.54, 1.807) is 35.5 Å². The molecule has 0 bridgehead atoms. The van der Waals surface area contributed by atoms with Gasteiger partial charge in [0.2, 0.25) is 0 Å². The maximum absolute atomic E-state index is 13.1. The molecule has 4 aromatic heterocycles. The maximum Gasteiger partial charge on any atom is 0.275 e. The van der Waals surface area contributed by atoms with Gasteiger partial charge in [-0.15, -0.1) is 0 Å². The van der Waals surface area contributed by atoms with Gasteiger partial charge in [-0.25, -0.2) is 9.50 Å². The number of hydrogen-bond donors (Lipinski definition) is 0. The van der Waals surface area contributed by atoms with Crippen LogP contribution in [-0.4, -0.2) is 36.5 Å². The highest BCUT2D eigenvalue weighted by atomic mass is 79.9. The van der Waals surface area contributed by atoms with E-state index in [1.165, 1.54) is 0 Å². The van der Waals surface area contributed by atoms with Crippen LogP contribution < -0.4 is 0 Å². The van der Waals surface area contributed by atoms with Crippen LogP contribution in [0.1, 0.15) is 29.1 Å². The molecule has 1 unspecified atom stereocenters. The van der Waals surface area contributed by atoms with Gasteiger partial charge in [-0.3, -0.25) is 4.79 Å². The van der Waals surface area contributed by atoms with Crippen LogP contribution in [0.2, 0.25) is 0 Å². The molecule has 0 spiro atoms. The molecule has 4 aromatic rings. The number of furan rings is 1. The van der Waals surface area contributed by atoms with Gasteiger partial charge in [0.15, 0.2) is 11.3 Å². The van der Waals surface area contributed by atoms with Crippen molar-refractivity contribution in [3.63, 3.8) is 0 Å². The average Bonchev–Trinajstić information content (AvgIpc) is 3.39. The number of carbonyl (C=O) groups is 1. The lowest BCUT2D eigenvalue weighted by molar-refractivity contribution is 0.0638. The van der Waals surface area contributed by atoms with Gasteiger partial charge in [0, 0.05) is 42.8 Å². The predicted molar refractivity (Wildman–Crippen MR) is 102 cm³/mol. The van der Waals surface area contributed by atoms with Crippen LogP contribution in [0.25, 0.3) is 16.9 Å². The van der Waals surface area contributed by atoms with Crippen molar-refractivity contribution in [2.45, 2.75) is 19.5 Å². The van der Waals surface area contributed by atoms with E-state index in [2.05, 4.69) is 42.7 Å². The molecule has 0 N–H and O–H groups in total. The molecule has 136 valence electrons. The van der Waals surface area contributed by atoms with Gasteiger partial charge in [0.05, 0.1) is 28.7 Å². The first-order valence-corrected chi connectivity index (χ1v) is 9.45. The summed E-state index contributed by atoms with van der Waals surface area (Å²) in [7, 11) is 0. The van der Waals surface area contributed by atoms with E-state index in [0.717, 1.165) is 28.0 Å². The molecule has 1 atom stereocenters. The standard InChI is InChI=1S/C19H16BrN5O2/c1-12-16-2-3-17(13-4-7-27-11-13)24(16)6-5-23(12)19(26)15-8-18-21-9-14(20)10-25(18)22-15/h2-4,7-12H,5-6H2,1H3. The van der Waals surface area contributed by atoms with E-state index in [4.69, 9.17) is 4.42 Å². The Balaban J connectivity index is 1.47. The Labute approximate surface area is 163 Å². The van der Waals surface area contributed by atoms with Gasteiger partial charge in [0.25, 0.3) is 5.91 Å². The zero-order valence-corrected chi connectivity index (χ0v) is 16.1. The second-order valence-corrected chi connectivity index (χ2v) is 7.50. The number of hydrogen-bond acceptors (Lipinski definition) is 4. The Morgan fingerprint density at radius 3 is 3.00 bits per heavy atom. The lowest BCUT2D eigenvalue weighted by Gasteiger charge is -2.35. The Hall–Kier alpha value is -2.87. The molecule has 27 heavy (non-hydrogen) atoms. The van der Waals surface area contributed by atoms with E-state index < -0.39 is 0 Å². The summed E-state index contributed by atoms with van der Waals surface area (Å²) in [6.07, 6.45) is 6.90. The minimum atomic E-state index is -0.0820. The van der Waals surface area contributed by atoms with Gasteiger partial charge in [-0.1, -0.05) is 0 Å². The highest BCUT2D eigenvalue weighted by Gasteiger charge is 2.31. The number of fused-ring (bicyclic) bond motifs is 2. The fourth-order valence-corrected chi connectivity index (χ4v) is 4.00. The average molecular weight is 426 g/mol. The van der Waals surface area contributed by atoms with Crippen LogP contribution in [0.15, 0.2) is 58.1 Å². The zero-order chi connectivity index (χ0) is 18.5. The third-order valence-electron chi connectivity index (χ3n) is 5.05. The second-order valence-electron chi connectivity index (χ2n) is 6.59. The van der Waals surface area contributed by atoms with Crippen LogP contribution in [0, 0.1) is 0 Å². The van der Waals surface area contributed by atoms with E-state index in [9.17, 15) is 4.79 Å². The molecular weight excluding hydrogens is 410 g/mol. The van der Waals surface area contributed by atoms with Crippen molar-refractivity contribution in [3.8, 4) is 11.3 Å². The molecule has 0 fully saturated rings. The molecule has 0 saturated carbocycles. The van der Waals surface area contributed by atoms with Crippen LogP contribution in [0.4, 0.5) is 0 Å². The molecule has 5 rings (SSSR count). The number of halogens is 1. The highest BCUT2D eigenvalue weighted by molar-refractivity contribution is 9.10. The first-order chi connectivity index (χ1) is 13.1. The summed E-state index contributed by atoms with van der Waals surface area (Å²) in [5, 5.41) is 4.40. The molecule has 1 aliphatic rings. The quantitative estimate of drug-likeness (QED) is 0.490. The third-order valence-corrected chi connectivity index (χ3v) is 5.46. The van der Waals surface area contributed by atoms with E-state index >= 15 is 0 Å². The number of carbonyl (C=O) groups excluding carboxylic acids is 1. The summed E-state index contributed by atoms with van der Waals surface area (Å²) < 4.78 is 9.89. The zero-order valence-electron chi connectivity index (χ0n) is 14.5. The van der Waals surface area contributed by atoms with E-state index in [0.29, 0.717) is 17.9 Å². The Morgan fingerprint density at radius 2 is 2.19 bits per heavy atom. The van der Waals surface area contributed by atoms with Crippen molar-refractivity contribution >= 4 is 27.5 Å². The molecule has 0 saturated heterocycles. The SMILES string of the molecule is CC1c2ccc(-c3ccoc3)n2CCN1C(=O)c1cc2ncc(Br)cn2n1. The minimum absolute atomic E-state index is 0.0450. The summed E-state index contributed by atoms with van der Waals surface area (Å²) in [5.74, 6) is -0.0820. The number of aromatic nitrogens is 4. The van der Waals surface area contributed by atoms with Crippen LogP contribution in [0.3, 0.4) is 0 Å². The monoisotopic (exact) mass is 425 g/mol. The molecule has 8 heteroatoms. The van der Waals surface area contributed by atoms with E-state index in [1.807, 2.05) is 17.9 Å². The van der Waals surface area contributed by atoms with Gasteiger partial charge in [-0.2, -0.15) is 5.10 Å². The molecule has 1 aliphatic heterocycles. The van der Waals surface area contributed by atoms with Crippen molar-refractivity contribution < 1.29 is 9.21 Å². The first-order valence-electron chi connectivity index (χ1n) is 8.66. The van der Waals surface area contributed by atoms with Crippen molar-refractivity contribution in [2.24, 2.45) is 0 Å². The lowest BCUT2D eigenvalue weighted by atomic mass is 10.1. The van der Waals surface area contributed by atoms with Crippen LogP contribution >= 0.6 is 15.9 Å².